The van der Waals surface area contributed by atoms with Crippen LogP contribution in [0.3, 0.4) is 0 Å². The second-order valence-electron chi connectivity index (χ2n) is 22.5. The molecule has 4 heterocycles. The molecule has 29 nitrogen and oxygen atoms in total. The van der Waals surface area contributed by atoms with Gasteiger partial charge in [-0.25, -0.2) is 8.42 Å². The number of amides is 6. The van der Waals surface area contributed by atoms with E-state index in [0.29, 0.717) is 35.4 Å². The third-order valence-corrected chi connectivity index (χ3v) is 16.3. The number of aromatic hydroxyl groups is 1. The molecule has 0 bridgehead atoms. The van der Waals surface area contributed by atoms with Crippen molar-refractivity contribution in [3.8, 4) is 39.8 Å². The fraction of sp³-hybridized carbons (Fsp3) is 0.517. The van der Waals surface area contributed by atoms with Gasteiger partial charge in [0, 0.05) is 60.6 Å². The minimum Gasteiger partial charge on any atom is -0.716 e. The number of ether oxygens (including phenoxy) is 1. The zero-order valence-electron chi connectivity index (χ0n) is 49.2. The number of primary amides is 1. The quantitative estimate of drug-likeness (QED) is 0.0194. The molecule has 31 heteroatoms. The van der Waals surface area contributed by atoms with Gasteiger partial charge >= 0.3 is 29.6 Å². The van der Waals surface area contributed by atoms with Gasteiger partial charge in [-0.2, -0.15) is 0 Å². The predicted octanol–water partition coefficient (Wildman–Crippen LogP) is -4.24. The Kier molecular flexibility index (Phi) is 25.2. The fourth-order valence-corrected chi connectivity index (χ4v) is 11.4. The van der Waals surface area contributed by atoms with E-state index in [1.165, 1.54) is 26.0 Å². The number of carbonyl (C=O) groups is 7. The Morgan fingerprint density at radius 1 is 0.854 bits per heavy atom. The van der Waals surface area contributed by atoms with Gasteiger partial charge in [0.15, 0.2) is 29.3 Å². The van der Waals surface area contributed by atoms with Gasteiger partial charge in [0.25, 0.3) is 16.3 Å². The molecule has 0 saturated carbocycles. The maximum absolute atomic E-state index is 14.7. The van der Waals surface area contributed by atoms with Gasteiger partial charge in [0.2, 0.25) is 29.5 Å². The summed E-state index contributed by atoms with van der Waals surface area (Å²) in [6.45, 7) is 4.30. The van der Waals surface area contributed by atoms with Crippen LogP contribution in [0, 0.1) is 17.8 Å². The number of aliphatic hydroxyl groups excluding tert-OH is 8. The number of hydrogen-bond donors (Lipinski definition) is 13. The maximum atomic E-state index is 14.7. The van der Waals surface area contributed by atoms with Gasteiger partial charge in [-0.05, 0) is 86.7 Å². The molecule has 15 atom stereocenters. The Balaban J connectivity index is 0.0000126. The normalized spacial score (nSPS) is 26.5. The van der Waals surface area contributed by atoms with Crippen LogP contribution in [0.25, 0.3) is 22.6 Å². The van der Waals surface area contributed by atoms with Crippen molar-refractivity contribution in [2.45, 2.75) is 152 Å². The standard InChI is InChI=1S/C58H75N7O22S.Na/c1-4-5-6-19-85-36-15-11-31(12-16-36)45-24-39(63-86-45)30-7-9-32(10-8-30)53(76)60-34-14-17-37(29(3)66)57(80)64-27-35(67)22-40(64)54(77)61-48(52(75)51(74)33-13-18-41(68)46(20-33)87-88(82,83)84)43(70)23-38(42(69)25-47(59)72)58(81)65-26-28(2)50(73)49(65)56(79)62-55(78)44(71)21-34;/h7-13,15-16,18,20,24,28-29,34-35,37-38,40,42,44,48-52,55,66-69,71,73-75,78H,4-6,14,17,19,21-23,25-27H2,1-3H3,(H2,59,72)(H,60,76)(H,61,77)(H,62,79)(H,82,83,84);/q;+1/p-1/t28-,29+,34+,35+,37-,38-,40-,42+,44+,48+,49-,50-,51-,52-,55+;/m0./s1. The summed E-state index contributed by atoms with van der Waals surface area (Å²) in [5.74, 6) is -13.6. The topological polar surface area (TPSA) is 472 Å². The van der Waals surface area contributed by atoms with E-state index < -0.39 is 198 Å². The van der Waals surface area contributed by atoms with Crippen molar-refractivity contribution in [3.63, 3.8) is 0 Å². The molecule has 3 aliphatic rings. The van der Waals surface area contributed by atoms with E-state index >= 15 is 0 Å². The minimum atomic E-state index is -5.57. The Morgan fingerprint density at radius 3 is 2.16 bits per heavy atom. The number of carbonyl (C=O) groups excluding carboxylic acids is 7. The third kappa shape index (κ3) is 18.3. The van der Waals surface area contributed by atoms with Crippen molar-refractivity contribution in [3.05, 3.63) is 83.9 Å². The number of aromatic nitrogens is 1. The first-order valence-corrected chi connectivity index (χ1v) is 30.0. The molecule has 3 saturated heterocycles. The molecule has 0 radical (unpaired) electrons. The SMILES string of the molecule is CCCCCOc1ccc(-c2cc(-c3ccc(C(=O)N[C@@H]4CC[C@@H]([C@@H](C)O)C(=O)N5C[C@H](O)C[C@H]5C(=O)N[C@@H]([C@H](O)[C@@H](O)c5ccc(O)c(OS(=O)(=O)[O-])c5)C(=O)C[C@@H]([C@H](O)CC(N)=O)C(=O)N5C[C@H](C)[C@H](O)[C@H]5C(=O)N[C@H](O)[C@H](O)C4)cc3)no2)cc1.[Na+]. The number of rotatable bonds is 18. The summed E-state index contributed by atoms with van der Waals surface area (Å²) < 4.78 is 50.1. The zero-order valence-corrected chi connectivity index (χ0v) is 52.0. The molecule has 3 aromatic carbocycles. The molecule has 0 unspecified atom stereocenters. The van der Waals surface area contributed by atoms with Gasteiger partial charge in [0.1, 0.15) is 47.9 Å². The van der Waals surface area contributed by atoms with Crippen molar-refractivity contribution in [1.29, 1.82) is 0 Å². The maximum Gasteiger partial charge on any atom is 1.00 e. The van der Waals surface area contributed by atoms with Crippen LogP contribution in [0.2, 0.25) is 0 Å². The first-order valence-electron chi connectivity index (χ1n) is 28.6. The van der Waals surface area contributed by atoms with Gasteiger partial charge in [0.05, 0.1) is 49.3 Å². The number of nitrogens with one attached hydrogen (secondary N) is 3. The average molecular weight is 1280 g/mol. The van der Waals surface area contributed by atoms with Crippen LogP contribution in [0.4, 0.5) is 0 Å². The van der Waals surface area contributed by atoms with E-state index in [1.54, 1.807) is 18.2 Å². The molecule has 3 fully saturated rings. The van der Waals surface area contributed by atoms with Crippen LogP contribution >= 0.6 is 0 Å². The first kappa shape index (κ1) is 71.4. The molecular formula is C58H74N7NaO22S. The number of nitrogens with two attached hydrogens (primary N) is 1. The van der Waals surface area contributed by atoms with Crippen molar-refractivity contribution in [2.75, 3.05) is 19.7 Å². The molecule has 6 amide bonds. The van der Waals surface area contributed by atoms with Crippen molar-refractivity contribution < 1.29 is 135 Å². The van der Waals surface area contributed by atoms with E-state index in [4.69, 9.17) is 15.0 Å². The Morgan fingerprint density at radius 2 is 1.52 bits per heavy atom. The zero-order chi connectivity index (χ0) is 64.5. The number of ketones is 1. The second-order valence-corrected chi connectivity index (χ2v) is 23.5. The Hall–Kier alpha value is -6.65. The predicted molar refractivity (Wildman–Crippen MR) is 304 cm³/mol. The van der Waals surface area contributed by atoms with E-state index in [1.807, 2.05) is 24.3 Å². The molecule has 89 heavy (non-hydrogen) atoms. The van der Waals surface area contributed by atoms with Crippen LogP contribution in [0.5, 0.6) is 17.2 Å². The summed E-state index contributed by atoms with van der Waals surface area (Å²) in [5.41, 5.74) is 6.62. The number of fused-ring (bicyclic) bond motifs is 2. The number of phenols is 1. The minimum absolute atomic E-state index is 0. The second kappa shape index (κ2) is 31.4. The molecule has 1 aromatic heterocycles. The average Bonchev–Trinajstić information content (AvgIpc) is 2.31. The number of Topliss-reactive ketones (excluding diaryl/α,β-unsaturated/α-hetero) is 1. The summed E-state index contributed by atoms with van der Waals surface area (Å²) in [4.78, 5) is 101. The van der Waals surface area contributed by atoms with Crippen LogP contribution in [-0.2, 0) is 39.2 Å². The number of aliphatic hydroxyl groups is 8. The summed E-state index contributed by atoms with van der Waals surface area (Å²) in [7, 11) is -5.57. The number of unbranched alkanes of at least 4 members (excludes halogenated alkanes) is 2. The van der Waals surface area contributed by atoms with Gasteiger partial charge in [-0.3, -0.25) is 33.6 Å². The van der Waals surface area contributed by atoms with Crippen molar-refractivity contribution >= 4 is 51.6 Å². The van der Waals surface area contributed by atoms with Gasteiger partial charge in [-0.15, -0.1) is 0 Å². The number of hydrogen-bond acceptors (Lipinski definition) is 23. The van der Waals surface area contributed by atoms with Crippen molar-refractivity contribution in [1.82, 2.24) is 30.9 Å². The van der Waals surface area contributed by atoms with Crippen LogP contribution in [-0.4, -0.2) is 202 Å². The Labute approximate surface area is 533 Å². The van der Waals surface area contributed by atoms with Gasteiger partial charge < -0.3 is 95.4 Å². The molecule has 4 aromatic rings. The molecule has 3 aliphatic heterocycles. The summed E-state index contributed by atoms with van der Waals surface area (Å²) in [5, 5.41) is 113. The summed E-state index contributed by atoms with van der Waals surface area (Å²) in [6.07, 6.45) is -17.1. The van der Waals surface area contributed by atoms with E-state index in [0.717, 1.165) is 46.8 Å². The largest absolute Gasteiger partial charge is 1.00 e. The monoisotopic (exact) mass is 1280 g/mol. The molecule has 480 valence electrons. The van der Waals surface area contributed by atoms with Crippen LogP contribution in [0.15, 0.2) is 77.3 Å². The van der Waals surface area contributed by atoms with E-state index in [2.05, 4.69) is 32.2 Å². The molecule has 7 rings (SSSR count). The van der Waals surface area contributed by atoms with Crippen molar-refractivity contribution in [2.24, 2.45) is 23.5 Å². The molecule has 14 N–H and O–H groups in total. The van der Waals surface area contributed by atoms with Crippen LogP contribution < -0.4 is 60.2 Å². The fourth-order valence-electron chi connectivity index (χ4n) is 11.1. The van der Waals surface area contributed by atoms with Gasteiger partial charge in [-0.1, -0.05) is 50.0 Å². The summed E-state index contributed by atoms with van der Waals surface area (Å²) >= 11 is 0. The third-order valence-electron chi connectivity index (χ3n) is 15.9. The summed E-state index contributed by atoms with van der Waals surface area (Å²) in [6, 6.07) is 10.0. The molecule has 0 spiro atoms. The molecular weight excluding hydrogens is 1200 g/mol. The number of phenolic OH excluding ortho intramolecular Hbond substituents is 1. The first-order chi connectivity index (χ1) is 41.5. The van der Waals surface area contributed by atoms with E-state index in [9.17, 15) is 92.5 Å². The Bertz CT molecular complexity index is 3250. The number of nitrogens with zero attached hydrogens (tertiary/aromatic N) is 3. The smallest absolute Gasteiger partial charge is 0.716 e. The van der Waals surface area contributed by atoms with Crippen LogP contribution in [0.1, 0.15) is 101 Å². The van der Waals surface area contributed by atoms with E-state index in [-0.39, 0.29) is 48.0 Å². The molecule has 0 aliphatic carbocycles. The number of benzene rings is 3.